The number of anilines is 2. The number of halogens is 4. The third-order valence-corrected chi connectivity index (χ3v) is 6.57. The third-order valence-electron chi connectivity index (χ3n) is 6.04. The molecule has 0 spiro atoms. The number of rotatable bonds is 2. The predicted molar refractivity (Wildman–Crippen MR) is 119 cm³/mol. The lowest BCUT2D eigenvalue weighted by Crippen LogP contribution is -2.37. The standard InChI is InChI=1S/C23H20BrF3N4O/c24-16-9-7-14(8-10-16)17-12-20(23(25,26)27)31-21(28-17)13-18(29-31)22(32)30-11-3-5-15-4-1-2-6-19(15)30/h1-2,4,6-10,13,17,20,28H,3,5,11-12H2/t17-,20-/m0/s1. The molecule has 9 heteroatoms. The molecule has 1 N–H and O–H groups in total. The average Bonchev–Trinajstić information content (AvgIpc) is 3.21. The molecular formula is C23H20BrF3N4O. The number of nitrogens with zero attached hydrogens (tertiary/aromatic N) is 3. The maximum Gasteiger partial charge on any atom is 0.410 e. The molecule has 0 aliphatic carbocycles. The molecule has 2 aliphatic heterocycles. The minimum atomic E-state index is -4.49. The fourth-order valence-electron chi connectivity index (χ4n) is 4.47. The number of nitrogens with one attached hydrogen (secondary N) is 1. The van der Waals surface area contributed by atoms with E-state index in [1.54, 1.807) is 29.2 Å². The molecule has 5 nitrogen and oxygen atoms in total. The van der Waals surface area contributed by atoms with E-state index in [0.717, 1.165) is 38.8 Å². The van der Waals surface area contributed by atoms with Gasteiger partial charge in [-0.15, -0.1) is 0 Å². The molecule has 0 unspecified atom stereocenters. The van der Waals surface area contributed by atoms with Crippen LogP contribution in [0.5, 0.6) is 0 Å². The molecule has 2 aliphatic rings. The maximum absolute atomic E-state index is 13.9. The Balaban J connectivity index is 1.50. The minimum Gasteiger partial charge on any atom is -0.363 e. The summed E-state index contributed by atoms with van der Waals surface area (Å²) in [6.07, 6.45) is -3.04. The van der Waals surface area contributed by atoms with Gasteiger partial charge in [-0.2, -0.15) is 18.3 Å². The van der Waals surface area contributed by atoms with Crippen LogP contribution in [0, 0.1) is 0 Å². The van der Waals surface area contributed by atoms with Gasteiger partial charge in [0, 0.05) is 29.2 Å². The number of benzene rings is 2. The van der Waals surface area contributed by atoms with Crippen molar-refractivity contribution in [2.45, 2.75) is 37.5 Å². The summed E-state index contributed by atoms with van der Waals surface area (Å²) in [7, 11) is 0. The van der Waals surface area contributed by atoms with Crippen LogP contribution in [0.1, 0.15) is 46.5 Å². The van der Waals surface area contributed by atoms with Gasteiger partial charge in [0.25, 0.3) is 5.91 Å². The van der Waals surface area contributed by atoms with Crippen molar-refractivity contribution < 1.29 is 18.0 Å². The Labute approximate surface area is 191 Å². The van der Waals surface area contributed by atoms with E-state index in [9.17, 15) is 18.0 Å². The highest BCUT2D eigenvalue weighted by molar-refractivity contribution is 9.10. The van der Waals surface area contributed by atoms with E-state index in [0.29, 0.717) is 6.54 Å². The molecule has 0 fully saturated rings. The molecule has 32 heavy (non-hydrogen) atoms. The zero-order valence-corrected chi connectivity index (χ0v) is 18.5. The number of hydrogen-bond donors (Lipinski definition) is 1. The summed E-state index contributed by atoms with van der Waals surface area (Å²) in [5, 5.41) is 7.27. The number of fused-ring (bicyclic) bond motifs is 2. The smallest absolute Gasteiger partial charge is 0.363 e. The highest BCUT2D eigenvalue weighted by atomic mass is 79.9. The summed E-state index contributed by atoms with van der Waals surface area (Å²) in [4.78, 5) is 14.9. The van der Waals surface area contributed by atoms with Crippen LogP contribution in [0.4, 0.5) is 24.7 Å². The zero-order valence-electron chi connectivity index (χ0n) is 16.9. The van der Waals surface area contributed by atoms with E-state index in [1.807, 2.05) is 24.3 Å². The fraction of sp³-hybridized carbons (Fsp3) is 0.304. The Bertz CT molecular complexity index is 1160. The largest absolute Gasteiger partial charge is 0.410 e. The van der Waals surface area contributed by atoms with Gasteiger partial charge < -0.3 is 10.2 Å². The normalized spacial score (nSPS) is 20.3. The van der Waals surface area contributed by atoms with Crippen molar-refractivity contribution in [3.05, 3.63) is 75.9 Å². The van der Waals surface area contributed by atoms with Crippen LogP contribution in [0.15, 0.2) is 59.1 Å². The first-order valence-electron chi connectivity index (χ1n) is 10.4. The molecule has 0 saturated carbocycles. The number of hydrogen-bond acceptors (Lipinski definition) is 3. The van der Waals surface area contributed by atoms with E-state index >= 15 is 0 Å². The highest BCUT2D eigenvalue weighted by Gasteiger charge is 2.47. The van der Waals surface area contributed by atoms with E-state index in [2.05, 4.69) is 26.3 Å². The molecule has 1 amide bonds. The third kappa shape index (κ3) is 3.79. The Morgan fingerprint density at radius 3 is 2.62 bits per heavy atom. The average molecular weight is 505 g/mol. The second-order valence-corrected chi connectivity index (χ2v) is 9.01. The van der Waals surface area contributed by atoms with E-state index in [-0.39, 0.29) is 23.8 Å². The van der Waals surface area contributed by atoms with Crippen LogP contribution in [-0.4, -0.2) is 28.4 Å². The highest BCUT2D eigenvalue weighted by Crippen LogP contribution is 2.44. The van der Waals surface area contributed by atoms with Gasteiger partial charge >= 0.3 is 6.18 Å². The molecule has 166 valence electrons. The first-order valence-corrected chi connectivity index (χ1v) is 11.2. The maximum atomic E-state index is 13.9. The van der Waals surface area contributed by atoms with Crippen molar-refractivity contribution in [1.29, 1.82) is 0 Å². The van der Waals surface area contributed by atoms with Gasteiger partial charge in [-0.3, -0.25) is 4.79 Å². The SMILES string of the molecule is O=C(c1cc2n(n1)[C@H](C(F)(F)F)C[C@@H](c1ccc(Br)cc1)N2)N1CCCc2ccccc21. The van der Waals surface area contributed by atoms with Gasteiger partial charge in [0.15, 0.2) is 11.7 Å². The fourth-order valence-corrected chi connectivity index (χ4v) is 4.74. The summed E-state index contributed by atoms with van der Waals surface area (Å²) in [6, 6.07) is 13.9. The molecule has 0 saturated heterocycles. The Kier molecular flexibility index (Phi) is 5.23. The lowest BCUT2D eigenvalue weighted by molar-refractivity contribution is -0.173. The predicted octanol–water partition coefficient (Wildman–Crippen LogP) is 5.90. The Morgan fingerprint density at radius 1 is 1.12 bits per heavy atom. The molecule has 0 bridgehead atoms. The van der Waals surface area contributed by atoms with Gasteiger partial charge in [0.05, 0.1) is 6.04 Å². The number of amides is 1. The Hall–Kier alpha value is -2.81. The molecule has 2 aromatic carbocycles. The zero-order chi connectivity index (χ0) is 22.5. The summed E-state index contributed by atoms with van der Waals surface area (Å²) in [5.41, 5.74) is 2.60. The van der Waals surface area contributed by atoms with Crippen LogP contribution < -0.4 is 10.2 Å². The van der Waals surface area contributed by atoms with Crippen LogP contribution in [-0.2, 0) is 6.42 Å². The van der Waals surface area contributed by atoms with Gasteiger partial charge in [-0.1, -0.05) is 46.3 Å². The summed E-state index contributed by atoms with van der Waals surface area (Å²) < 4.78 is 43.6. The van der Waals surface area contributed by atoms with Gasteiger partial charge in [-0.05, 0) is 42.2 Å². The van der Waals surface area contributed by atoms with Crippen LogP contribution in [0.2, 0.25) is 0 Å². The van der Waals surface area contributed by atoms with Crippen molar-refractivity contribution in [2.24, 2.45) is 0 Å². The van der Waals surface area contributed by atoms with E-state index in [4.69, 9.17) is 0 Å². The van der Waals surface area contributed by atoms with Crippen molar-refractivity contribution >= 4 is 33.3 Å². The lowest BCUT2D eigenvalue weighted by atomic mass is 9.97. The van der Waals surface area contributed by atoms with Crippen molar-refractivity contribution in [3.63, 3.8) is 0 Å². The quantitative estimate of drug-likeness (QED) is 0.472. The molecule has 3 aromatic rings. The van der Waals surface area contributed by atoms with E-state index in [1.165, 1.54) is 6.07 Å². The second-order valence-electron chi connectivity index (χ2n) is 8.09. The summed E-state index contributed by atoms with van der Waals surface area (Å²) >= 11 is 3.35. The first-order chi connectivity index (χ1) is 15.3. The summed E-state index contributed by atoms with van der Waals surface area (Å²) in [6.45, 7) is 0.510. The number of aryl methyl sites for hydroxylation is 1. The Morgan fingerprint density at radius 2 is 1.88 bits per heavy atom. The summed E-state index contributed by atoms with van der Waals surface area (Å²) in [5.74, 6) is -0.192. The first kappa shape index (κ1) is 21.1. The molecule has 2 atom stereocenters. The van der Waals surface area contributed by atoms with Gasteiger partial charge in [0.2, 0.25) is 0 Å². The lowest BCUT2D eigenvalue weighted by Gasteiger charge is -2.33. The molecule has 1 aromatic heterocycles. The number of aromatic nitrogens is 2. The molecular weight excluding hydrogens is 485 g/mol. The minimum absolute atomic E-state index is 0.00918. The number of alkyl halides is 3. The number of carbonyl (C=O) groups is 1. The number of para-hydroxylation sites is 1. The van der Waals surface area contributed by atoms with E-state index < -0.39 is 18.3 Å². The molecule has 3 heterocycles. The van der Waals surface area contributed by atoms with Crippen LogP contribution in [0.3, 0.4) is 0 Å². The monoisotopic (exact) mass is 504 g/mol. The van der Waals surface area contributed by atoms with Gasteiger partial charge in [0.1, 0.15) is 5.82 Å². The molecule has 5 rings (SSSR count). The molecule has 0 radical (unpaired) electrons. The van der Waals surface area contributed by atoms with Crippen molar-refractivity contribution in [3.8, 4) is 0 Å². The van der Waals surface area contributed by atoms with Crippen molar-refractivity contribution in [1.82, 2.24) is 9.78 Å². The number of carbonyl (C=O) groups excluding carboxylic acids is 1. The topological polar surface area (TPSA) is 50.2 Å². The second kappa shape index (κ2) is 7.95. The van der Waals surface area contributed by atoms with Crippen LogP contribution >= 0.6 is 15.9 Å². The van der Waals surface area contributed by atoms with Crippen molar-refractivity contribution in [2.75, 3.05) is 16.8 Å². The van der Waals surface area contributed by atoms with Gasteiger partial charge in [-0.25, -0.2) is 4.68 Å². The van der Waals surface area contributed by atoms with Crippen LogP contribution in [0.25, 0.3) is 0 Å².